The maximum atomic E-state index is 11.6. The number of aliphatic hydroxyl groups is 1. The number of esters is 1. The van der Waals surface area contributed by atoms with E-state index in [-0.39, 0.29) is 18.4 Å². The fourth-order valence-corrected chi connectivity index (χ4v) is 1.64. The first-order valence-corrected chi connectivity index (χ1v) is 5.39. The van der Waals surface area contributed by atoms with Crippen LogP contribution in [0.2, 0.25) is 0 Å². The SMILES string of the molecule is COC(=O)C(O)CNC(=O)[C@H]1CCCNC1. The van der Waals surface area contributed by atoms with E-state index in [2.05, 4.69) is 15.4 Å². The lowest BCUT2D eigenvalue weighted by molar-refractivity contribution is -0.150. The Balaban J connectivity index is 2.26. The van der Waals surface area contributed by atoms with Crippen LogP contribution in [0.5, 0.6) is 0 Å². The average Bonchev–Trinajstić information content (AvgIpc) is 2.35. The Kier molecular flexibility index (Phi) is 5.21. The Morgan fingerprint density at radius 3 is 2.94 bits per heavy atom. The van der Waals surface area contributed by atoms with Crippen LogP contribution in [0.4, 0.5) is 0 Å². The molecule has 0 aromatic rings. The standard InChI is InChI=1S/C10H18N2O4/c1-16-10(15)8(13)6-12-9(14)7-3-2-4-11-5-7/h7-8,11,13H,2-6H2,1H3,(H,12,14)/t7-,8?/m0/s1. The van der Waals surface area contributed by atoms with Gasteiger partial charge in [0.1, 0.15) is 0 Å². The molecule has 0 aromatic heterocycles. The molecule has 3 N–H and O–H groups in total. The van der Waals surface area contributed by atoms with Crippen molar-refractivity contribution in [1.82, 2.24) is 10.6 Å². The van der Waals surface area contributed by atoms with Gasteiger partial charge >= 0.3 is 5.97 Å². The Bertz CT molecular complexity index is 251. The molecular weight excluding hydrogens is 212 g/mol. The van der Waals surface area contributed by atoms with E-state index in [9.17, 15) is 14.7 Å². The van der Waals surface area contributed by atoms with Crippen LogP contribution in [0.15, 0.2) is 0 Å². The second-order valence-corrected chi connectivity index (χ2v) is 3.83. The van der Waals surface area contributed by atoms with Gasteiger partial charge in [0, 0.05) is 6.54 Å². The molecule has 1 amide bonds. The summed E-state index contributed by atoms with van der Waals surface area (Å²) in [4.78, 5) is 22.5. The minimum atomic E-state index is -1.29. The number of piperidine rings is 1. The number of carbonyl (C=O) groups is 2. The van der Waals surface area contributed by atoms with Crippen LogP contribution >= 0.6 is 0 Å². The van der Waals surface area contributed by atoms with Crippen molar-refractivity contribution in [3.63, 3.8) is 0 Å². The van der Waals surface area contributed by atoms with Crippen molar-refractivity contribution in [2.45, 2.75) is 18.9 Å². The van der Waals surface area contributed by atoms with Crippen LogP contribution in [0, 0.1) is 5.92 Å². The fourth-order valence-electron chi connectivity index (χ4n) is 1.64. The van der Waals surface area contributed by atoms with E-state index in [1.807, 2.05) is 0 Å². The summed E-state index contributed by atoms with van der Waals surface area (Å²) < 4.78 is 4.34. The van der Waals surface area contributed by atoms with Gasteiger partial charge in [0.2, 0.25) is 5.91 Å². The molecule has 1 unspecified atom stereocenters. The first-order chi connectivity index (χ1) is 7.65. The molecule has 1 rings (SSSR count). The molecule has 92 valence electrons. The van der Waals surface area contributed by atoms with Gasteiger partial charge in [-0.1, -0.05) is 0 Å². The van der Waals surface area contributed by atoms with Gasteiger partial charge < -0.3 is 20.5 Å². The third-order valence-corrected chi connectivity index (χ3v) is 2.61. The zero-order valence-electron chi connectivity index (χ0n) is 9.36. The Morgan fingerprint density at radius 1 is 1.62 bits per heavy atom. The van der Waals surface area contributed by atoms with Gasteiger partial charge in [-0.3, -0.25) is 4.79 Å². The van der Waals surface area contributed by atoms with Gasteiger partial charge in [-0.2, -0.15) is 0 Å². The van der Waals surface area contributed by atoms with E-state index in [1.54, 1.807) is 0 Å². The number of hydrogen-bond donors (Lipinski definition) is 3. The predicted octanol–water partition coefficient (Wildman–Crippen LogP) is -1.36. The second kappa shape index (κ2) is 6.44. The third-order valence-electron chi connectivity index (χ3n) is 2.61. The summed E-state index contributed by atoms with van der Waals surface area (Å²) in [6.07, 6.45) is 0.524. The van der Waals surface area contributed by atoms with Crippen LogP contribution in [0.25, 0.3) is 0 Å². The Morgan fingerprint density at radius 2 is 2.38 bits per heavy atom. The van der Waals surface area contributed by atoms with Gasteiger partial charge in [0.15, 0.2) is 6.10 Å². The molecule has 0 spiro atoms. The van der Waals surface area contributed by atoms with E-state index < -0.39 is 12.1 Å². The number of aliphatic hydroxyl groups excluding tert-OH is 1. The first kappa shape index (κ1) is 12.9. The van der Waals surface area contributed by atoms with Crippen molar-refractivity contribution in [2.24, 2.45) is 5.92 Å². The second-order valence-electron chi connectivity index (χ2n) is 3.83. The fraction of sp³-hybridized carbons (Fsp3) is 0.800. The van der Waals surface area contributed by atoms with E-state index in [0.29, 0.717) is 6.54 Å². The van der Waals surface area contributed by atoms with Gasteiger partial charge in [-0.15, -0.1) is 0 Å². The summed E-state index contributed by atoms with van der Waals surface area (Å²) >= 11 is 0. The lowest BCUT2D eigenvalue weighted by Crippen LogP contribution is -2.44. The highest BCUT2D eigenvalue weighted by atomic mass is 16.5. The summed E-state index contributed by atoms with van der Waals surface area (Å²) in [6, 6.07) is 0. The number of methoxy groups -OCH3 is 1. The predicted molar refractivity (Wildman–Crippen MR) is 56.6 cm³/mol. The molecule has 0 radical (unpaired) electrons. The van der Waals surface area contributed by atoms with Crippen LogP contribution in [-0.4, -0.2) is 49.8 Å². The molecule has 0 aromatic carbocycles. The van der Waals surface area contributed by atoms with Crippen LogP contribution in [-0.2, 0) is 14.3 Å². The topological polar surface area (TPSA) is 87.7 Å². The molecule has 0 aliphatic carbocycles. The zero-order chi connectivity index (χ0) is 12.0. The molecule has 2 atom stereocenters. The highest BCUT2D eigenvalue weighted by Crippen LogP contribution is 2.09. The largest absolute Gasteiger partial charge is 0.467 e. The molecule has 6 heteroatoms. The van der Waals surface area contributed by atoms with Crippen LogP contribution in [0.1, 0.15) is 12.8 Å². The Labute approximate surface area is 94.3 Å². The maximum Gasteiger partial charge on any atom is 0.336 e. The van der Waals surface area contributed by atoms with Crippen molar-refractivity contribution < 1.29 is 19.4 Å². The van der Waals surface area contributed by atoms with E-state index in [0.717, 1.165) is 19.4 Å². The molecular formula is C10H18N2O4. The molecule has 0 saturated carbocycles. The summed E-state index contributed by atoms with van der Waals surface area (Å²) in [5, 5.41) is 14.9. The molecule has 1 heterocycles. The van der Waals surface area contributed by atoms with E-state index >= 15 is 0 Å². The highest BCUT2D eigenvalue weighted by molar-refractivity contribution is 5.80. The number of rotatable bonds is 4. The molecule has 16 heavy (non-hydrogen) atoms. The maximum absolute atomic E-state index is 11.6. The third kappa shape index (κ3) is 3.79. The van der Waals surface area contributed by atoms with Crippen molar-refractivity contribution in [3.8, 4) is 0 Å². The number of hydrogen-bond acceptors (Lipinski definition) is 5. The Hall–Kier alpha value is -1.14. The smallest absolute Gasteiger partial charge is 0.336 e. The van der Waals surface area contributed by atoms with Gasteiger partial charge in [-0.25, -0.2) is 4.79 Å². The normalized spacial score (nSPS) is 22.2. The van der Waals surface area contributed by atoms with Gasteiger partial charge in [0.05, 0.1) is 19.6 Å². The minimum absolute atomic E-state index is 0.0707. The monoisotopic (exact) mass is 230 g/mol. The summed E-state index contributed by atoms with van der Waals surface area (Å²) in [6.45, 7) is 1.50. The van der Waals surface area contributed by atoms with Crippen molar-refractivity contribution >= 4 is 11.9 Å². The van der Waals surface area contributed by atoms with E-state index in [1.165, 1.54) is 7.11 Å². The van der Waals surface area contributed by atoms with Crippen molar-refractivity contribution in [3.05, 3.63) is 0 Å². The van der Waals surface area contributed by atoms with Crippen LogP contribution in [0.3, 0.4) is 0 Å². The lowest BCUT2D eigenvalue weighted by atomic mass is 9.99. The first-order valence-electron chi connectivity index (χ1n) is 5.39. The molecule has 1 saturated heterocycles. The molecule has 6 nitrogen and oxygen atoms in total. The van der Waals surface area contributed by atoms with E-state index in [4.69, 9.17) is 0 Å². The zero-order valence-corrected chi connectivity index (χ0v) is 9.36. The molecule has 1 aliphatic heterocycles. The number of amides is 1. The number of nitrogens with one attached hydrogen (secondary N) is 2. The molecule has 1 fully saturated rings. The average molecular weight is 230 g/mol. The van der Waals surface area contributed by atoms with Gasteiger partial charge in [-0.05, 0) is 19.4 Å². The minimum Gasteiger partial charge on any atom is -0.467 e. The highest BCUT2D eigenvalue weighted by Gasteiger charge is 2.22. The van der Waals surface area contributed by atoms with Gasteiger partial charge in [0.25, 0.3) is 0 Å². The number of ether oxygens (including phenoxy) is 1. The van der Waals surface area contributed by atoms with Crippen LogP contribution < -0.4 is 10.6 Å². The van der Waals surface area contributed by atoms with Crippen molar-refractivity contribution in [2.75, 3.05) is 26.7 Å². The lowest BCUT2D eigenvalue weighted by Gasteiger charge is -2.22. The summed E-state index contributed by atoms with van der Waals surface area (Å²) in [7, 11) is 1.19. The summed E-state index contributed by atoms with van der Waals surface area (Å²) in [5.74, 6) is -0.934. The van der Waals surface area contributed by atoms with Crippen molar-refractivity contribution in [1.29, 1.82) is 0 Å². The number of carbonyl (C=O) groups excluding carboxylic acids is 2. The molecule has 1 aliphatic rings. The summed E-state index contributed by atoms with van der Waals surface area (Å²) in [5.41, 5.74) is 0. The quantitative estimate of drug-likeness (QED) is 0.519. The molecule has 0 bridgehead atoms.